The van der Waals surface area contributed by atoms with Crippen molar-refractivity contribution in [3.63, 3.8) is 0 Å². The Balaban J connectivity index is 1.55. The van der Waals surface area contributed by atoms with Crippen molar-refractivity contribution in [1.29, 1.82) is 0 Å². The van der Waals surface area contributed by atoms with Crippen LogP contribution < -0.4 is 9.64 Å². The van der Waals surface area contributed by atoms with Gasteiger partial charge in [0.1, 0.15) is 11.6 Å². The van der Waals surface area contributed by atoms with E-state index in [1.807, 2.05) is 30.3 Å². The highest BCUT2D eigenvalue weighted by molar-refractivity contribution is 7.99. The molecule has 0 spiro atoms. The minimum Gasteiger partial charge on any atom is -0.496 e. The molecule has 1 aromatic carbocycles. The van der Waals surface area contributed by atoms with Crippen molar-refractivity contribution < 1.29 is 19.3 Å². The number of morpholine rings is 1. The van der Waals surface area contributed by atoms with Crippen molar-refractivity contribution in [1.82, 2.24) is 15.0 Å². The third-order valence-corrected chi connectivity index (χ3v) is 7.21. The van der Waals surface area contributed by atoms with E-state index in [2.05, 4.69) is 4.90 Å². The molecular weight excluding hydrogens is 440 g/mol. The highest BCUT2D eigenvalue weighted by atomic mass is 32.2. The molecule has 0 radical (unpaired) electrons. The largest absolute Gasteiger partial charge is 0.496 e. The number of hydrogen-bond acceptors (Lipinski definition) is 9. The maximum atomic E-state index is 9.72. The van der Waals surface area contributed by atoms with Crippen LogP contribution in [0.25, 0.3) is 22.3 Å². The number of nitrogens with zero attached hydrogens (tertiary/aromatic N) is 4. The first-order valence-electron chi connectivity index (χ1n) is 11.3. The Kier molecular flexibility index (Phi) is 6.91. The SMILES string of the molecule is COc1ccc(-c2ccc3c(N4CCOCC4)nc(SC4CCOCC4)nc3n2)cc1CO. The molecule has 9 heteroatoms. The predicted octanol–water partition coefficient (Wildman–Crippen LogP) is 3.30. The zero-order valence-electron chi connectivity index (χ0n) is 18.7. The Morgan fingerprint density at radius 3 is 2.58 bits per heavy atom. The fourth-order valence-electron chi connectivity index (χ4n) is 4.21. The lowest BCUT2D eigenvalue weighted by molar-refractivity contribution is 0.1000. The number of hydrogen-bond donors (Lipinski definition) is 1. The van der Waals surface area contributed by atoms with E-state index in [4.69, 9.17) is 29.2 Å². The summed E-state index contributed by atoms with van der Waals surface area (Å²) in [6, 6.07) is 9.76. The molecule has 33 heavy (non-hydrogen) atoms. The average Bonchev–Trinajstić information content (AvgIpc) is 2.88. The number of methoxy groups -OCH3 is 1. The van der Waals surface area contributed by atoms with Crippen LogP contribution in [0.15, 0.2) is 35.5 Å². The molecule has 0 bridgehead atoms. The molecule has 5 rings (SSSR count). The molecule has 174 valence electrons. The van der Waals surface area contributed by atoms with Crippen LogP contribution in [0.1, 0.15) is 18.4 Å². The minimum absolute atomic E-state index is 0.0974. The standard InChI is InChI=1S/C24H28N4O4S/c1-30-21-5-2-16(14-17(21)15-29)20-4-3-19-22(25-20)26-24(33-18-6-10-31-11-7-18)27-23(19)28-8-12-32-13-9-28/h2-5,14,18,29H,6-13,15H2,1H3. The van der Waals surface area contributed by atoms with Crippen LogP contribution in [-0.4, -0.2) is 71.9 Å². The minimum atomic E-state index is -0.0974. The van der Waals surface area contributed by atoms with Crippen molar-refractivity contribution in [2.24, 2.45) is 0 Å². The van der Waals surface area contributed by atoms with Gasteiger partial charge in [0.2, 0.25) is 0 Å². The molecule has 2 aliphatic rings. The molecule has 3 aromatic rings. The summed E-state index contributed by atoms with van der Waals surface area (Å²) < 4.78 is 16.4. The van der Waals surface area contributed by atoms with Crippen molar-refractivity contribution in [3.8, 4) is 17.0 Å². The van der Waals surface area contributed by atoms with Gasteiger partial charge in [-0.1, -0.05) is 11.8 Å². The van der Waals surface area contributed by atoms with Gasteiger partial charge in [0.25, 0.3) is 0 Å². The Morgan fingerprint density at radius 1 is 1.03 bits per heavy atom. The summed E-state index contributed by atoms with van der Waals surface area (Å²) in [5.41, 5.74) is 3.12. The van der Waals surface area contributed by atoms with E-state index in [9.17, 15) is 5.11 Å². The van der Waals surface area contributed by atoms with E-state index >= 15 is 0 Å². The number of pyridine rings is 1. The van der Waals surface area contributed by atoms with Gasteiger partial charge in [-0.3, -0.25) is 0 Å². The number of benzene rings is 1. The number of rotatable bonds is 6. The van der Waals surface area contributed by atoms with Crippen LogP contribution in [0.4, 0.5) is 5.82 Å². The van der Waals surface area contributed by atoms with Crippen LogP contribution >= 0.6 is 11.8 Å². The number of ether oxygens (including phenoxy) is 3. The summed E-state index contributed by atoms with van der Waals surface area (Å²) in [4.78, 5) is 17.0. The van der Waals surface area contributed by atoms with Crippen molar-refractivity contribution in [2.75, 3.05) is 51.5 Å². The molecule has 8 nitrogen and oxygen atoms in total. The molecule has 2 aliphatic heterocycles. The van der Waals surface area contributed by atoms with Gasteiger partial charge in [0.15, 0.2) is 10.8 Å². The van der Waals surface area contributed by atoms with E-state index < -0.39 is 0 Å². The number of aromatic nitrogens is 3. The molecule has 0 aliphatic carbocycles. The third-order valence-electron chi connectivity index (χ3n) is 6.02. The van der Waals surface area contributed by atoms with Gasteiger partial charge in [-0.2, -0.15) is 0 Å². The van der Waals surface area contributed by atoms with E-state index in [-0.39, 0.29) is 6.61 Å². The van der Waals surface area contributed by atoms with E-state index in [0.29, 0.717) is 29.9 Å². The average molecular weight is 469 g/mol. The fourth-order valence-corrected chi connectivity index (χ4v) is 5.21. The molecule has 0 unspecified atom stereocenters. The van der Waals surface area contributed by atoms with Gasteiger partial charge < -0.3 is 24.2 Å². The maximum Gasteiger partial charge on any atom is 0.191 e. The lowest BCUT2D eigenvalue weighted by atomic mass is 10.1. The number of aliphatic hydroxyl groups excluding tert-OH is 1. The van der Waals surface area contributed by atoms with Gasteiger partial charge in [-0.05, 0) is 43.2 Å². The van der Waals surface area contributed by atoms with Crippen molar-refractivity contribution in [2.45, 2.75) is 29.9 Å². The fraction of sp³-hybridized carbons (Fsp3) is 0.458. The highest BCUT2D eigenvalue weighted by Crippen LogP contribution is 2.33. The lowest BCUT2D eigenvalue weighted by Gasteiger charge is -2.29. The number of anilines is 1. The molecule has 1 N–H and O–H groups in total. The van der Waals surface area contributed by atoms with E-state index in [1.165, 1.54) is 0 Å². The molecule has 4 heterocycles. The second kappa shape index (κ2) is 10.2. The summed E-state index contributed by atoms with van der Waals surface area (Å²) >= 11 is 1.72. The van der Waals surface area contributed by atoms with Gasteiger partial charge in [0, 0.05) is 42.7 Å². The smallest absolute Gasteiger partial charge is 0.191 e. The van der Waals surface area contributed by atoms with Gasteiger partial charge >= 0.3 is 0 Å². The van der Waals surface area contributed by atoms with Crippen LogP contribution in [0.2, 0.25) is 0 Å². The second-order valence-corrected chi connectivity index (χ2v) is 9.38. The summed E-state index contributed by atoms with van der Waals surface area (Å²) in [6.07, 6.45) is 2.00. The predicted molar refractivity (Wildman–Crippen MR) is 128 cm³/mol. The number of thioether (sulfide) groups is 1. The van der Waals surface area contributed by atoms with Gasteiger partial charge in [0.05, 0.1) is 38.0 Å². The lowest BCUT2D eigenvalue weighted by Crippen LogP contribution is -2.37. The van der Waals surface area contributed by atoms with Gasteiger partial charge in [-0.25, -0.2) is 15.0 Å². The topological polar surface area (TPSA) is 89.8 Å². The molecular formula is C24H28N4O4S. The molecule has 0 atom stereocenters. The Morgan fingerprint density at radius 2 is 1.82 bits per heavy atom. The summed E-state index contributed by atoms with van der Waals surface area (Å²) in [6.45, 7) is 4.45. The van der Waals surface area contributed by atoms with Crippen LogP contribution in [0.5, 0.6) is 5.75 Å². The Bertz CT molecular complexity index is 1120. The first kappa shape index (κ1) is 22.3. The zero-order valence-corrected chi connectivity index (χ0v) is 19.5. The third kappa shape index (κ3) is 4.91. The van der Waals surface area contributed by atoms with E-state index in [0.717, 1.165) is 72.3 Å². The van der Waals surface area contributed by atoms with Crippen LogP contribution in [0, 0.1) is 0 Å². The quantitative estimate of drug-likeness (QED) is 0.547. The first-order chi connectivity index (χ1) is 16.2. The molecule has 2 saturated heterocycles. The van der Waals surface area contributed by atoms with Crippen LogP contribution in [0.3, 0.4) is 0 Å². The molecule has 0 saturated carbocycles. The Hall–Kier alpha value is -2.46. The summed E-state index contributed by atoms with van der Waals surface area (Å²) in [7, 11) is 1.60. The molecule has 0 amide bonds. The van der Waals surface area contributed by atoms with Crippen LogP contribution in [-0.2, 0) is 16.1 Å². The van der Waals surface area contributed by atoms with Crippen molar-refractivity contribution in [3.05, 3.63) is 35.9 Å². The Labute approximate surface area is 197 Å². The molecule has 2 fully saturated rings. The monoisotopic (exact) mass is 468 g/mol. The first-order valence-corrected chi connectivity index (χ1v) is 12.2. The van der Waals surface area contributed by atoms with Gasteiger partial charge in [-0.15, -0.1) is 0 Å². The summed E-state index contributed by atoms with van der Waals surface area (Å²) in [5.74, 6) is 1.58. The van der Waals surface area contributed by atoms with Crippen molar-refractivity contribution >= 4 is 28.6 Å². The second-order valence-electron chi connectivity index (χ2n) is 8.11. The van der Waals surface area contributed by atoms with E-state index in [1.54, 1.807) is 18.9 Å². The number of fused-ring (bicyclic) bond motifs is 1. The number of aliphatic hydroxyl groups is 1. The normalized spacial score (nSPS) is 17.5. The molecule has 2 aromatic heterocycles. The zero-order chi connectivity index (χ0) is 22.6. The highest BCUT2D eigenvalue weighted by Gasteiger charge is 2.22. The summed E-state index contributed by atoms with van der Waals surface area (Å²) in [5, 5.41) is 11.9. The maximum absolute atomic E-state index is 9.72.